The van der Waals surface area contributed by atoms with Crippen LogP contribution in [-0.2, 0) is 26.7 Å². The third kappa shape index (κ3) is 3.34. The first kappa shape index (κ1) is 16.7. The summed E-state index contributed by atoms with van der Waals surface area (Å²) in [6.07, 6.45) is 1.12. The number of fused-ring (bicyclic) bond motifs is 1. The van der Waals surface area contributed by atoms with Crippen LogP contribution in [0.25, 0.3) is 11.4 Å². The zero-order valence-corrected chi connectivity index (χ0v) is 16.5. The summed E-state index contributed by atoms with van der Waals surface area (Å²) in [4.78, 5) is 1.49. The highest BCUT2D eigenvalue weighted by Crippen LogP contribution is 2.21. The van der Waals surface area contributed by atoms with Crippen LogP contribution >= 0.6 is 28.1 Å². The van der Waals surface area contributed by atoms with Gasteiger partial charge in [0.2, 0.25) is 4.77 Å². The first-order chi connectivity index (χ1) is 12.1. The van der Waals surface area contributed by atoms with E-state index < -0.39 is 0 Å². The van der Waals surface area contributed by atoms with Crippen LogP contribution in [0.15, 0.2) is 53.0 Å². The highest BCUT2D eigenvalue weighted by molar-refractivity contribution is 9.10. The van der Waals surface area contributed by atoms with Gasteiger partial charge in [0.25, 0.3) is 0 Å². The fourth-order valence-corrected chi connectivity index (χ4v) is 4.05. The van der Waals surface area contributed by atoms with Crippen molar-refractivity contribution in [1.29, 1.82) is 0 Å². The summed E-state index contributed by atoms with van der Waals surface area (Å²) < 4.78 is 5.77. The number of hydrogen-bond donors (Lipinski definition) is 1. The highest BCUT2D eigenvalue weighted by Gasteiger charge is 2.21. The zero-order valence-electron chi connectivity index (χ0n) is 14.1. The minimum atomic E-state index is 0.765. The van der Waals surface area contributed by atoms with Crippen molar-refractivity contribution >= 4 is 28.1 Å². The molecule has 0 aliphatic carbocycles. The van der Waals surface area contributed by atoms with Crippen molar-refractivity contribution < 1.29 is 4.90 Å². The molecule has 1 unspecified atom stereocenters. The minimum absolute atomic E-state index is 0.765. The quantitative estimate of drug-likeness (QED) is 0.665. The van der Waals surface area contributed by atoms with Crippen LogP contribution in [0.2, 0.25) is 0 Å². The third-order valence-electron chi connectivity index (χ3n) is 4.80. The van der Waals surface area contributed by atoms with Gasteiger partial charge in [-0.25, -0.2) is 0 Å². The van der Waals surface area contributed by atoms with Gasteiger partial charge in [-0.3, -0.25) is 0 Å². The molecule has 1 atom stereocenters. The molecular formula is C19H20BrN4S+. The fraction of sp³-hybridized carbons (Fsp3) is 0.263. The van der Waals surface area contributed by atoms with Crippen LogP contribution in [0.1, 0.15) is 11.1 Å². The van der Waals surface area contributed by atoms with Crippen molar-refractivity contribution in [2.45, 2.75) is 19.6 Å². The zero-order chi connectivity index (χ0) is 17.4. The molecule has 4 rings (SSSR count). The summed E-state index contributed by atoms with van der Waals surface area (Å²) >= 11 is 9.16. The van der Waals surface area contributed by atoms with Crippen LogP contribution in [-0.4, -0.2) is 20.9 Å². The first-order valence-corrected chi connectivity index (χ1v) is 9.62. The molecule has 0 saturated carbocycles. The summed E-state index contributed by atoms with van der Waals surface area (Å²) in [7, 11) is 1.99. The van der Waals surface area contributed by atoms with Crippen molar-refractivity contribution in [3.05, 3.63) is 68.9 Å². The van der Waals surface area contributed by atoms with E-state index in [2.05, 4.69) is 52.3 Å². The number of nitrogens with one attached hydrogen (secondary N) is 1. The molecule has 0 bridgehead atoms. The molecule has 2 heterocycles. The second-order valence-electron chi connectivity index (χ2n) is 6.53. The topological polar surface area (TPSA) is 27.2 Å². The molecule has 6 heteroatoms. The molecule has 3 aromatic rings. The lowest BCUT2D eigenvalue weighted by Gasteiger charge is -2.25. The minimum Gasteiger partial charge on any atom is -0.312 e. The van der Waals surface area contributed by atoms with Gasteiger partial charge < -0.3 is 9.47 Å². The van der Waals surface area contributed by atoms with Crippen LogP contribution < -0.4 is 4.90 Å². The van der Waals surface area contributed by atoms with Gasteiger partial charge in [0.05, 0.1) is 6.54 Å². The lowest BCUT2D eigenvalue weighted by atomic mass is 10.0. The maximum atomic E-state index is 5.63. The highest BCUT2D eigenvalue weighted by atomic mass is 79.9. The Morgan fingerprint density at radius 2 is 1.96 bits per heavy atom. The average Bonchev–Trinajstić information content (AvgIpc) is 2.90. The average molecular weight is 416 g/mol. The van der Waals surface area contributed by atoms with Gasteiger partial charge in [0.15, 0.2) is 12.5 Å². The smallest absolute Gasteiger partial charge is 0.202 e. The first-order valence-electron chi connectivity index (χ1n) is 8.42. The molecule has 128 valence electrons. The Labute approximate surface area is 160 Å². The molecular weight excluding hydrogens is 396 g/mol. The van der Waals surface area contributed by atoms with E-state index in [-0.39, 0.29) is 0 Å². The van der Waals surface area contributed by atoms with Crippen molar-refractivity contribution in [2.24, 2.45) is 7.05 Å². The number of rotatable bonds is 3. The molecule has 0 spiro atoms. The Bertz CT molecular complexity index is 976. The SMILES string of the molecule is Cn1c(-c2cccc(Br)c2)nn(C[NH+]2CCc3ccccc3C2)c1=S. The largest absolute Gasteiger partial charge is 0.312 e. The molecule has 1 N–H and O–H groups in total. The molecule has 1 aromatic heterocycles. The molecule has 0 radical (unpaired) electrons. The summed E-state index contributed by atoms with van der Waals surface area (Å²) in [5, 5.41) is 4.80. The van der Waals surface area contributed by atoms with E-state index in [0.717, 1.165) is 46.8 Å². The fourth-order valence-electron chi connectivity index (χ4n) is 3.46. The van der Waals surface area contributed by atoms with Gasteiger partial charge in [-0.2, -0.15) is 4.68 Å². The molecule has 0 fully saturated rings. The van der Waals surface area contributed by atoms with Crippen LogP contribution in [0.4, 0.5) is 0 Å². The van der Waals surface area contributed by atoms with Gasteiger partial charge in [-0.15, -0.1) is 5.10 Å². The Balaban J connectivity index is 1.60. The van der Waals surface area contributed by atoms with Crippen molar-refractivity contribution in [3.63, 3.8) is 0 Å². The maximum Gasteiger partial charge on any atom is 0.202 e. The van der Waals surface area contributed by atoms with Gasteiger partial charge in [-0.05, 0) is 29.9 Å². The maximum absolute atomic E-state index is 5.63. The van der Waals surface area contributed by atoms with E-state index >= 15 is 0 Å². The normalized spacial score (nSPS) is 16.6. The molecule has 2 aromatic carbocycles. The Morgan fingerprint density at radius 1 is 1.16 bits per heavy atom. The summed E-state index contributed by atoms with van der Waals surface area (Å²) in [6, 6.07) is 16.9. The standard InChI is InChI=1S/C19H19BrN4S/c1-22-18(15-7-4-8-17(20)11-15)21-24(19(22)25)13-23-10-9-14-5-2-3-6-16(14)12-23/h2-8,11H,9-10,12-13H2,1H3/p+1. The Hall–Kier alpha value is -1.76. The van der Waals surface area contributed by atoms with Gasteiger partial charge in [0, 0.05) is 29.1 Å². The number of halogens is 1. The molecule has 0 amide bonds. The summed E-state index contributed by atoms with van der Waals surface area (Å²) in [5.41, 5.74) is 3.99. The lowest BCUT2D eigenvalue weighted by Crippen LogP contribution is -3.11. The Morgan fingerprint density at radius 3 is 2.76 bits per heavy atom. The molecule has 1 aliphatic heterocycles. The number of benzene rings is 2. The summed E-state index contributed by atoms with van der Waals surface area (Å²) in [5.74, 6) is 0.906. The monoisotopic (exact) mass is 415 g/mol. The van der Waals surface area contributed by atoms with Gasteiger partial charge in [0.1, 0.15) is 6.54 Å². The molecule has 4 nitrogen and oxygen atoms in total. The van der Waals surface area contributed by atoms with Crippen molar-refractivity contribution in [2.75, 3.05) is 6.54 Å². The number of nitrogens with zero attached hydrogens (tertiary/aromatic N) is 3. The van der Waals surface area contributed by atoms with E-state index in [4.69, 9.17) is 17.3 Å². The number of aromatic nitrogens is 3. The second kappa shape index (κ2) is 6.86. The van der Waals surface area contributed by atoms with Crippen LogP contribution in [0.3, 0.4) is 0 Å². The lowest BCUT2D eigenvalue weighted by molar-refractivity contribution is -0.939. The molecule has 1 aliphatic rings. The van der Waals surface area contributed by atoms with Crippen molar-refractivity contribution in [1.82, 2.24) is 14.3 Å². The van der Waals surface area contributed by atoms with E-state index in [1.807, 2.05) is 28.4 Å². The van der Waals surface area contributed by atoms with Crippen molar-refractivity contribution in [3.8, 4) is 11.4 Å². The molecule has 0 saturated heterocycles. The molecule has 25 heavy (non-hydrogen) atoms. The second-order valence-corrected chi connectivity index (χ2v) is 7.81. The van der Waals surface area contributed by atoms with E-state index in [9.17, 15) is 0 Å². The predicted octanol–water partition coefficient (Wildman–Crippen LogP) is 2.98. The van der Waals surface area contributed by atoms with E-state index in [1.165, 1.54) is 16.0 Å². The van der Waals surface area contributed by atoms with Crippen LogP contribution in [0, 0.1) is 4.77 Å². The van der Waals surface area contributed by atoms with Gasteiger partial charge in [-0.1, -0.05) is 52.3 Å². The third-order valence-corrected chi connectivity index (χ3v) is 5.78. The van der Waals surface area contributed by atoms with E-state index in [1.54, 1.807) is 0 Å². The number of quaternary nitrogens is 1. The van der Waals surface area contributed by atoms with E-state index in [0.29, 0.717) is 0 Å². The number of hydrogen-bond acceptors (Lipinski definition) is 2. The van der Waals surface area contributed by atoms with Crippen LogP contribution in [0.5, 0.6) is 0 Å². The summed E-state index contributed by atoms with van der Waals surface area (Å²) in [6.45, 7) is 2.94. The van der Waals surface area contributed by atoms with Gasteiger partial charge >= 0.3 is 0 Å². The predicted molar refractivity (Wildman–Crippen MR) is 105 cm³/mol. The Kier molecular flexibility index (Phi) is 4.58.